The Morgan fingerprint density at radius 3 is 2.72 bits per heavy atom. The van der Waals surface area contributed by atoms with E-state index in [9.17, 15) is 0 Å². The van der Waals surface area contributed by atoms with Crippen LogP contribution in [0.2, 0.25) is 0 Å². The first-order chi connectivity index (χ1) is 12.1. The third-order valence-corrected chi connectivity index (χ3v) is 4.83. The number of aryl methyl sites for hydroxylation is 2. The maximum absolute atomic E-state index is 5.76. The summed E-state index contributed by atoms with van der Waals surface area (Å²) in [6.45, 7) is 7.14. The number of anilines is 1. The summed E-state index contributed by atoms with van der Waals surface area (Å²) < 4.78 is 0. The Balaban J connectivity index is 1.52. The monoisotopic (exact) mass is 333 g/mol. The normalized spacial score (nSPS) is 14.5. The van der Waals surface area contributed by atoms with Crippen LogP contribution in [0.15, 0.2) is 36.5 Å². The van der Waals surface area contributed by atoms with Crippen molar-refractivity contribution >= 4 is 5.69 Å². The van der Waals surface area contributed by atoms with Gasteiger partial charge in [-0.15, -0.1) is 0 Å². The third kappa shape index (κ3) is 3.28. The Hall–Kier alpha value is -2.66. The van der Waals surface area contributed by atoms with Crippen molar-refractivity contribution in [3.8, 4) is 11.4 Å². The van der Waals surface area contributed by atoms with E-state index in [1.54, 1.807) is 0 Å². The SMILES string of the molecule is Cc1cc(CN2CCc3nc(-c4ccc(N)cc4)ncc3C2)c(C)[nH]1. The lowest BCUT2D eigenvalue weighted by Crippen LogP contribution is -2.31. The number of nitrogens with zero attached hydrogens (tertiary/aromatic N) is 3. The minimum Gasteiger partial charge on any atom is -0.399 e. The highest BCUT2D eigenvalue weighted by atomic mass is 15.1. The topological polar surface area (TPSA) is 70.8 Å². The van der Waals surface area contributed by atoms with Crippen LogP contribution in [0.4, 0.5) is 5.69 Å². The summed E-state index contributed by atoms with van der Waals surface area (Å²) >= 11 is 0. The zero-order valence-corrected chi connectivity index (χ0v) is 14.7. The second-order valence-electron chi connectivity index (χ2n) is 6.85. The van der Waals surface area contributed by atoms with Gasteiger partial charge in [-0.25, -0.2) is 9.97 Å². The predicted octanol–water partition coefficient (Wildman–Crippen LogP) is 3.23. The van der Waals surface area contributed by atoms with Crippen molar-refractivity contribution in [2.24, 2.45) is 0 Å². The van der Waals surface area contributed by atoms with Crippen LogP contribution in [0, 0.1) is 13.8 Å². The summed E-state index contributed by atoms with van der Waals surface area (Å²) in [5.41, 5.74) is 13.8. The van der Waals surface area contributed by atoms with Gasteiger partial charge in [0.1, 0.15) is 0 Å². The zero-order chi connectivity index (χ0) is 17.4. The molecule has 0 saturated carbocycles. The Kier molecular flexibility index (Phi) is 4.01. The van der Waals surface area contributed by atoms with E-state index in [1.807, 2.05) is 30.5 Å². The highest BCUT2D eigenvalue weighted by molar-refractivity contribution is 5.58. The van der Waals surface area contributed by atoms with Crippen molar-refractivity contribution in [2.45, 2.75) is 33.4 Å². The van der Waals surface area contributed by atoms with E-state index >= 15 is 0 Å². The summed E-state index contributed by atoms with van der Waals surface area (Å²) in [5.74, 6) is 0.782. The molecule has 25 heavy (non-hydrogen) atoms. The molecule has 0 radical (unpaired) electrons. The highest BCUT2D eigenvalue weighted by Crippen LogP contribution is 2.23. The molecule has 1 aliphatic rings. The van der Waals surface area contributed by atoms with Crippen molar-refractivity contribution in [2.75, 3.05) is 12.3 Å². The van der Waals surface area contributed by atoms with Gasteiger partial charge < -0.3 is 10.7 Å². The lowest BCUT2D eigenvalue weighted by molar-refractivity contribution is 0.242. The van der Waals surface area contributed by atoms with E-state index < -0.39 is 0 Å². The van der Waals surface area contributed by atoms with Gasteiger partial charge in [-0.3, -0.25) is 4.90 Å². The molecule has 3 N–H and O–H groups in total. The van der Waals surface area contributed by atoms with Gasteiger partial charge in [0.15, 0.2) is 5.82 Å². The fraction of sp³-hybridized carbons (Fsp3) is 0.300. The van der Waals surface area contributed by atoms with Crippen LogP contribution in [-0.2, 0) is 19.5 Å². The van der Waals surface area contributed by atoms with Gasteiger partial charge in [-0.2, -0.15) is 0 Å². The van der Waals surface area contributed by atoms with Gasteiger partial charge in [-0.1, -0.05) is 0 Å². The number of aromatic nitrogens is 3. The fourth-order valence-electron chi connectivity index (χ4n) is 3.47. The largest absolute Gasteiger partial charge is 0.399 e. The number of nitrogens with two attached hydrogens (primary N) is 1. The lowest BCUT2D eigenvalue weighted by Gasteiger charge is -2.28. The van der Waals surface area contributed by atoms with Gasteiger partial charge >= 0.3 is 0 Å². The maximum Gasteiger partial charge on any atom is 0.159 e. The molecule has 0 spiro atoms. The first-order valence-corrected chi connectivity index (χ1v) is 8.66. The first kappa shape index (κ1) is 15.8. The molecule has 0 unspecified atom stereocenters. The van der Waals surface area contributed by atoms with E-state index in [-0.39, 0.29) is 0 Å². The van der Waals surface area contributed by atoms with Crippen molar-refractivity contribution < 1.29 is 0 Å². The van der Waals surface area contributed by atoms with Crippen LogP contribution in [-0.4, -0.2) is 26.4 Å². The Labute approximate surface area is 147 Å². The predicted molar refractivity (Wildman–Crippen MR) is 100.0 cm³/mol. The summed E-state index contributed by atoms with van der Waals surface area (Å²) in [6.07, 6.45) is 2.94. The quantitative estimate of drug-likeness (QED) is 0.722. The molecular formula is C20H23N5. The summed E-state index contributed by atoms with van der Waals surface area (Å²) in [6, 6.07) is 9.97. The van der Waals surface area contributed by atoms with Gasteiger partial charge in [-0.05, 0) is 49.7 Å². The number of hydrogen-bond donors (Lipinski definition) is 2. The van der Waals surface area contributed by atoms with Crippen molar-refractivity contribution in [1.82, 2.24) is 19.9 Å². The van der Waals surface area contributed by atoms with Gasteiger partial charge in [0, 0.05) is 60.5 Å². The molecular weight excluding hydrogens is 310 g/mol. The number of hydrogen-bond acceptors (Lipinski definition) is 4. The van der Waals surface area contributed by atoms with E-state index in [2.05, 4.69) is 34.8 Å². The highest BCUT2D eigenvalue weighted by Gasteiger charge is 2.19. The van der Waals surface area contributed by atoms with Gasteiger partial charge in [0.2, 0.25) is 0 Å². The van der Waals surface area contributed by atoms with Crippen molar-refractivity contribution in [1.29, 1.82) is 0 Å². The molecule has 0 atom stereocenters. The van der Waals surface area contributed by atoms with Crippen LogP contribution >= 0.6 is 0 Å². The molecule has 2 aromatic heterocycles. The molecule has 128 valence electrons. The summed E-state index contributed by atoms with van der Waals surface area (Å²) in [5, 5.41) is 0. The molecule has 0 amide bonds. The van der Waals surface area contributed by atoms with Crippen LogP contribution in [0.3, 0.4) is 0 Å². The minimum atomic E-state index is 0.757. The standard InChI is InChI=1S/C20H23N5/c1-13-9-16(14(2)23-13)11-25-8-7-19-17(12-25)10-22-20(24-19)15-3-5-18(21)6-4-15/h3-6,9-10,23H,7-8,11-12,21H2,1-2H3. The second-order valence-corrected chi connectivity index (χ2v) is 6.85. The van der Waals surface area contributed by atoms with E-state index in [4.69, 9.17) is 10.7 Å². The molecule has 1 aliphatic heterocycles. The van der Waals surface area contributed by atoms with Crippen LogP contribution in [0.5, 0.6) is 0 Å². The molecule has 5 heteroatoms. The average molecular weight is 333 g/mol. The number of nitrogen functional groups attached to an aromatic ring is 1. The van der Waals surface area contributed by atoms with Crippen LogP contribution in [0.1, 0.15) is 28.2 Å². The molecule has 0 aliphatic carbocycles. The molecule has 0 saturated heterocycles. The van der Waals surface area contributed by atoms with Crippen molar-refractivity contribution in [3.05, 3.63) is 64.7 Å². The number of nitrogens with one attached hydrogen (secondary N) is 1. The van der Waals surface area contributed by atoms with E-state index in [0.29, 0.717) is 0 Å². The number of H-pyrrole nitrogens is 1. The number of benzene rings is 1. The first-order valence-electron chi connectivity index (χ1n) is 8.66. The summed E-state index contributed by atoms with van der Waals surface area (Å²) in [7, 11) is 0. The fourth-order valence-corrected chi connectivity index (χ4v) is 3.47. The minimum absolute atomic E-state index is 0.757. The lowest BCUT2D eigenvalue weighted by atomic mass is 10.1. The molecule has 4 rings (SSSR count). The second kappa shape index (κ2) is 6.33. The molecule has 3 heterocycles. The smallest absolute Gasteiger partial charge is 0.159 e. The third-order valence-electron chi connectivity index (χ3n) is 4.83. The molecule has 5 nitrogen and oxygen atoms in total. The maximum atomic E-state index is 5.76. The number of fused-ring (bicyclic) bond motifs is 1. The molecule has 0 fully saturated rings. The summed E-state index contributed by atoms with van der Waals surface area (Å²) in [4.78, 5) is 15.2. The molecule has 1 aromatic carbocycles. The van der Waals surface area contributed by atoms with Crippen LogP contribution in [0.25, 0.3) is 11.4 Å². The number of aromatic amines is 1. The van der Waals surface area contributed by atoms with Gasteiger partial charge in [0.05, 0.1) is 5.69 Å². The zero-order valence-electron chi connectivity index (χ0n) is 14.7. The molecule has 0 bridgehead atoms. The average Bonchev–Trinajstić information content (AvgIpc) is 2.92. The van der Waals surface area contributed by atoms with E-state index in [1.165, 1.54) is 28.2 Å². The number of rotatable bonds is 3. The Bertz CT molecular complexity index is 895. The van der Waals surface area contributed by atoms with Crippen LogP contribution < -0.4 is 5.73 Å². The van der Waals surface area contributed by atoms with Gasteiger partial charge in [0.25, 0.3) is 0 Å². The Morgan fingerprint density at radius 2 is 2.00 bits per heavy atom. The molecule has 3 aromatic rings. The van der Waals surface area contributed by atoms with Crippen molar-refractivity contribution in [3.63, 3.8) is 0 Å². The Morgan fingerprint density at radius 1 is 1.20 bits per heavy atom. The van der Waals surface area contributed by atoms with E-state index in [0.717, 1.165) is 43.1 Å².